The molecule has 0 aromatic rings. The van der Waals surface area contributed by atoms with Gasteiger partial charge in [0.05, 0.1) is 5.75 Å². The number of halogens is 3. The second-order valence-corrected chi connectivity index (χ2v) is 7.79. The van der Waals surface area contributed by atoms with Gasteiger partial charge in [-0.3, -0.25) is 4.79 Å². The zero-order valence-electron chi connectivity index (χ0n) is 12.2. The maximum Gasteiger partial charge on any atom is 0.389 e. The van der Waals surface area contributed by atoms with E-state index in [1.165, 1.54) is 19.0 Å². The van der Waals surface area contributed by atoms with Crippen molar-refractivity contribution in [3.8, 4) is 0 Å². The van der Waals surface area contributed by atoms with E-state index in [4.69, 9.17) is 0 Å². The Morgan fingerprint density at radius 2 is 1.76 bits per heavy atom. The van der Waals surface area contributed by atoms with Crippen molar-refractivity contribution in [2.24, 2.45) is 5.92 Å². The van der Waals surface area contributed by atoms with Gasteiger partial charge in [0.15, 0.2) is 0 Å². The van der Waals surface area contributed by atoms with Gasteiger partial charge in [-0.05, 0) is 18.8 Å². The highest BCUT2D eigenvalue weighted by atomic mass is 32.2. The van der Waals surface area contributed by atoms with Gasteiger partial charge < -0.3 is 4.90 Å². The van der Waals surface area contributed by atoms with Gasteiger partial charge in [-0.15, -0.1) is 0 Å². The highest BCUT2D eigenvalue weighted by Crippen LogP contribution is 2.31. The fourth-order valence-corrected chi connectivity index (χ4v) is 3.07. The topological polar surface area (TPSA) is 57.7 Å². The molecule has 1 aliphatic rings. The summed E-state index contributed by atoms with van der Waals surface area (Å²) in [6, 6.07) is 0. The second-order valence-electron chi connectivity index (χ2n) is 5.49. The van der Waals surface area contributed by atoms with Crippen LogP contribution in [0.1, 0.15) is 25.7 Å². The minimum Gasteiger partial charge on any atom is -0.343 e. The predicted octanol–water partition coefficient (Wildman–Crippen LogP) is 1.46. The number of nitrogens with zero attached hydrogens (tertiary/aromatic N) is 2. The van der Waals surface area contributed by atoms with Crippen molar-refractivity contribution in [2.45, 2.75) is 31.9 Å². The molecule has 9 heteroatoms. The largest absolute Gasteiger partial charge is 0.389 e. The van der Waals surface area contributed by atoms with E-state index in [2.05, 4.69) is 0 Å². The SMILES string of the molecule is CN(C)S(=O)(=O)CCC(=O)N1CCC(CC(F)(F)F)CC1. The van der Waals surface area contributed by atoms with E-state index in [1.807, 2.05) is 0 Å². The molecule has 124 valence electrons. The Kier molecular flexibility index (Phi) is 6.03. The summed E-state index contributed by atoms with van der Waals surface area (Å²) in [7, 11) is -0.647. The van der Waals surface area contributed by atoms with E-state index in [0.717, 1.165) is 4.31 Å². The number of carbonyl (C=O) groups is 1. The van der Waals surface area contributed by atoms with Gasteiger partial charge in [0, 0.05) is 40.0 Å². The first-order valence-electron chi connectivity index (χ1n) is 6.76. The molecular weight excluding hydrogens is 309 g/mol. The second kappa shape index (κ2) is 6.95. The predicted molar refractivity (Wildman–Crippen MR) is 72.1 cm³/mol. The Balaban J connectivity index is 2.39. The van der Waals surface area contributed by atoms with Crippen LogP contribution in [-0.4, -0.2) is 62.6 Å². The van der Waals surface area contributed by atoms with Gasteiger partial charge in [-0.1, -0.05) is 0 Å². The van der Waals surface area contributed by atoms with Crippen LogP contribution in [0.3, 0.4) is 0 Å². The van der Waals surface area contributed by atoms with Crippen molar-refractivity contribution in [1.82, 2.24) is 9.21 Å². The molecule has 1 fully saturated rings. The molecule has 1 heterocycles. The average molecular weight is 330 g/mol. The van der Waals surface area contributed by atoms with Gasteiger partial charge in [-0.2, -0.15) is 13.2 Å². The third-order valence-electron chi connectivity index (χ3n) is 3.62. The maximum atomic E-state index is 12.3. The number of amides is 1. The van der Waals surface area contributed by atoms with E-state index in [9.17, 15) is 26.4 Å². The number of rotatable bonds is 5. The summed E-state index contributed by atoms with van der Waals surface area (Å²) in [6.45, 7) is 0.531. The number of hydrogen-bond acceptors (Lipinski definition) is 3. The summed E-state index contributed by atoms with van der Waals surface area (Å²) in [6.07, 6.45) is -4.50. The lowest BCUT2D eigenvalue weighted by Crippen LogP contribution is -2.40. The smallest absolute Gasteiger partial charge is 0.343 e. The monoisotopic (exact) mass is 330 g/mol. The third-order valence-corrected chi connectivity index (χ3v) is 5.45. The lowest BCUT2D eigenvalue weighted by Gasteiger charge is -2.32. The molecule has 21 heavy (non-hydrogen) atoms. The first kappa shape index (κ1) is 18.2. The molecule has 0 unspecified atom stereocenters. The molecule has 0 bridgehead atoms. The van der Waals surface area contributed by atoms with Crippen LogP contribution in [0.4, 0.5) is 13.2 Å². The van der Waals surface area contributed by atoms with Crippen LogP contribution < -0.4 is 0 Å². The van der Waals surface area contributed by atoms with Crippen molar-refractivity contribution in [1.29, 1.82) is 0 Å². The number of alkyl halides is 3. The molecule has 0 aromatic carbocycles. The van der Waals surface area contributed by atoms with Crippen LogP contribution in [0, 0.1) is 5.92 Å². The maximum absolute atomic E-state index is 12.3. The Bertz CT molecular complexity index is 455. The Labute approximate surface area is 123 Å². The van der Waals surface area contributed by atoms with E-state index in [1.54, 1.807) is 0 Å². The van der Waals surface area contributed by atoms with Crippen LogP contribution >= 0.6 is 0 Å². The molecule has 1 amide bonds. The van der Waals surface area contributed by atoms with Crippen molar-refractivity contribution >= 4 is 15.9 Å². The minimum atomic E-state index is -4.17. The number of piperidine rings is 1. The van der Waals surface area contributed by atoms with Crippen LogP contribution in [-0.2, 0) is 14.8 Å². The number of likely N-dealkylation sites (tertiary alicyclic amines) is 1. The van der Waals surface area contributed by atoms with Crippen LogP contribution in [0.25, 0.3) is 0 Å². The molecule has 0 atom stereocenters. The van der Waals surface area contributed by atoms with Crippen molar-refractivity contribution < 1.29 is 26.4 Å². The first-order chi connectivity index (χ1) is 9.51. The van der Waals surface area contributed by atoms with Gasteiger partial charge >= 0.3 is 6.18 Å². The van der Waals surface area contributed by atoms with Crippen molar-refractivity contribution in [3.63, 3.8) is 0 Å². The first-order valence-corrected chi connectivity index (χ1v) is 8.37. The van der Waals surface area contributed by atoms with Crippen LogP contribution in [0.2, 0.25) is 0 Å². The highest BCUT2D eigenvalue weighted by molar-refractivity contribution is 7.89. The van der Waals surface area contributed by atoms with Gasteiger partial charge in [-0.25, -0.2) is 12.7 Å². The summed E-state index contributed by atoms with van der Waals surface area (Å²) in [5.41, 5.74) is 0. The normalized spacial score (nSPS) is 18.3. The Hall–Kier alpha value is -0.830. The fourth-order valence-electron chi connectivity index (χ4n) is 2.27. The standard InChI is InChI=1S/C12H21F3N2O3S/c1-16(2)21(19,20)8-5-11(18)17-6-3-10(4-7-17)9-12(13,14)15/h10H,3-9H2,1-2H3. The molecule has 0 N–H and O–H groups in total. The summed E-state index contributed by atoms with van der Waals surface area (Å²) < 4.78 is 61.0. The van der Waals surface area contributed by atoms with E-state index >= 15 is 0 Å². The van der Waals surface area contributed by atoms with Crippen LogP contribution in [0.15, 0.2) is 0 Å². The zero-order valence-corrected chi connectivity index (χ0v) is 13.0. The van der Waals surface area contributed by atoms with E-state index in [-0.39, 0.29) is 31.2 Å². The lowest BCUT2D eigenvalue weighted by molar-refractivity contribution is -0.149. The van der Waals surface area contributed by atoms with Crippen LogP contribution in [0.5, 0.6) is 0 Å². The lowest BCUT2D eigenvalue weighted by atomic mass is 9.93. The molecule has 0 aromatic heterocycles. The molecule has 5 nitrogen and oxygen atoms in total. The zero-order chi connectivity index (χ0) is 16.3. The van der Waals surface area contributed by atoms with Gasteiger partial charge in [0.25, 0.3) is 0 Å². The molecule has 1 saturated heterocycles. The quantitative estimate of drug-likeness (QED) is 0.767. The summed E-state index contributed by atoms with van der Waals surface area (Å²) in [5.74, 6) is -1.04. The minimum absolute atomic E-state index is 0.134. The van der Waals surface area contributed by atoms with E-state index in [0.29, 0.717) is 12.8 Å². The van der Waals surface area contributed by atoms with Crippen molar-refractivity contribution in [2.75, 3.05) is 32.9 Å². The summed E-state index contributed by atoms with van der Waals surface area (Å²) >= 11 is 0. The van der Waals surface area contributed by atoms with Gasteiger partial charge in [0.2, 0.25) is 15.9 Å². The number of hydrogen-bond donors (Lipinski definition) is 0. The third kappa shape index (κ3) is 6.21. The van der Waals surface area contributed by atoms with Crippen molar-refractivity contribution in [3.05, 3.63) is 0 Å². The summed E-state index contributed by atoms with van der Waals surface area (Å²) in [5, 5.41) is 0. The molecule has 0 saturated carbocycles. The molecule has 0 spiro atoms. The fraction of sp³-hybridized carbons (Fsp3) is 0.917. The Morgan fingerprint density at radius 1 is 1.24 bits per heavy atom. The molecule has 0 radical (unpaired) electrons. The van der Waals surface area contributed by atoms with E-state index < -0.39 is 28.5 Å². The summed E-state index contributed by atoms with van der Waals surface area (Å²) in [4.78, 5) is 13.3. The molecule has 0 aliphatic carbocycles. The molecular formula is C12H21F3N2O3S. The van der Waals surface area contributed by atoms with Gasteiger partial charge in [0.1, 0.15) is 0 Å². The average Bonchev–Trinajstić information content (AvgIpc) is 2.35. The molecule has 1 aliphatic heterocycles. The highest BCUT2D eigenvalue weighted by Gasteiger charge is 2.34. The number of sulfonamides is 1. The Morgan fingerprint density at radius 3 is 2.19 bits per heavy atom. The molecule has 1 rings (SSSR count). The number of carbonyl (C=O) groups excluding carboxylic acids is 1.